The van der Waals surface area contributed by atoms with Crippen molar-refractivity contribution < 1.29 is 4.74 Å². The zero-order valence-electron chi connectivity index (χ0n) is 18.5. The van der Waals surface area contributed by atoms with Gasteiger partial charge in [-0.25, -0.2) is 0 Å². The van der Waals surface area contributed by atoms with Crippen molar-refractivity contribution in [3.8, 4) is 17.3 Å². The van der Waals surface area contributed by atoms with Crippen LogP contribution in [0.2, 0.25) is 0 Å². The molecule has 6 heteroatoms. The molecule has 1 aliphatic heterocycles. The zero-order chi connectivity index (χ0) is 20.5. The van der Waals surface area contributed by atoms with Gasteiger partial charge in [-0.1, -0.05) is 19.3 Å². The van der Waals surface area contributed by atoms with Gasteiger partial charge in [-0.05, 0) is 67.9 Å². The van der Waals surface area contributed by atoms with Crippen molar-refractivity contribution in [2.45, 2.75) is 51.9 Å². The normalized spacial score (nSPS) is 27.5. The number of ether oxygens (including phenoxy) is 1. The van der Waals surface area contributed by atoms with Gasteiger partial charge in [0.15, 0.2) is 0 Å². The molecule has 162 valence electrons. The fourth-order valence-electron chi connectivity index (χ4n) is 6.18. The monoisotopic (exact) mass is 409 g/mol. The van der Waals surface area contributed by atoms with Crippen LogP contribution in [0.3, 0.4) is 0 Å². The lowest BCUT2D eigenvalue weighted by molar-refractivity contribution is 0.199. The summed E-state index contributed by atoms with van der Waals surface area (Å²) < 4.78 is 7.87. The molecule has 2 aromatic rings. The van der Waals surface area contributed by atoms with E-state index < -0.39 is 0 Å². The van der Waals surface area contributed by atoms with E-state index in [1.165, 1.54) is 64.6 Å². The van der Waals surface area contributed by atoms with Crippen molar-refractivity contribution in [3.05, 3.63) is 23.9 Å². The maximum Gasteiger partial charge on any atom is 0.233 e. The summed E-state index contributed by atoms with van der Waals surface area (Å²) in [6, 6.07) is 3.93. The lowest BCUT2D eigenvalue weighted by Gasteiger charge is -2.27. The van der Waals surface area contributed by atoms with Crippen molar-refractivity contribution >= 4 is 0 Å². The van der Waals surface area contributed by atoms with Crippen LogP contribution in [-0.4, -0.2) is 51.1 Å². The zero-order valence-corrected chi connectivity index (χ0v) is 18.5. The molecule has 3 heterocycles. The Balaban J connectivity index is 1.09. The molecule has 2 saturated carbocycles. The maximum absolute atomic E-state index is 6.03. The Bertz CT molecular complexity index is 808. The van der Waals surface area contributed by atoms with Gasteiger partial charge in [0, 0.05) is 32.7 Å². The molecule has 0 radical (unpaired) electrons. The highest BCUT2D eigenvalue weighted by molar-refractivity contribution is 5.58. The Labute approximate surface area is 180 Å². The van der Waals surface area contributed by atoms with Crippen LogP contribution in [0.5, 0.6) is 5.88 Å². The summed E-state index contributed by atoms with van der Waals surface area (Å²) in [5.74, 6) is 4.02. The van der Waals surface area contributed by atoms with Crippen LogP contribution in [0.4, 0.5) is 0 Å². The quantitative estimate of drug-likeness (QED) is 0.719. The minimum Gasteiger partial charge on any atom is -0.476 e. The highest BCUT2D eigenvalue weighted by atomic mass is 16.5. The Kier molecular flexibility index (Phi) is 5.77. The second-order valence-corrected chi connectivity index (χ2v) is 9.95. The van der Waals surface area contributed by atoms with Gasteiger partial charge >= 0.3 is 0 Å². The average molecular weight is 410 g/mol. The Morgan fingerprint density at radius 2 is 1.77 bits per heavy atom. The summed E-state index contributed by atoms with van der Waals surface area (Å²) in [6.07, 6.45) is 11.8. The first-order valence-corrected chi connectivity index (χ1v) is 11.8. The number of likely N-dealkylation sites (tertiary alicyclic amines) is 1. The van der Waals surface area contributed by atoms with Gasteiger partial charge in [0.25, 0.3) is 0 Å². The molecule has 1 unspecified atom stereocenters. The van der Waals surface area contributed by atoms with E-state index in [1.54, 1.807) is 0 Å². The molecule has 0 amide bonds. The topological polar surface area (TPSA) is 56.1 Å². The molecule has 0 aromatic carbocycles. The Morgan fingerprint density at radius 1 is 1.00 bits per heavy atom. The van der Waals surface area contributed by atoms with Gasteiger partial charge in [0.2, 0.25) is 5.88 Å². The van der Waals surface area contributed by atoms with E-state index in [0.29, 0.717) is 11.8 Å². The van der Waals surface area contributed by atoms with Crippen LogP contribution in [0, 0.1) is 30.6 Å². The SMILES string of the molecule is Cc1cnn(C)c1-c1ccc(OCC2C[C@@H]3CN(CC4CCCCC4)C[C@@H]3C2)nn1. The number of rotatable bonds is 6. The van der Waals surface area contributed by atoms with E-state index in [4.69, 9.17) is 4.74 Å². The predicted octanol–water partition coefficient (Wildman–Crippen LogP) is 4.10. The molecule has 3 aliphatic rings. The summed E-state index contributed by atoms with van der Waals surface area (Å²) in [6.45, 7) is 6.80. The van der Waals surface area contributed by atoms with Gasteiger partial charge in [0.05, 0.1) is 18.5 Å². The molecule has 2 aliphatic carbocycles. The molecule has 3 fully saturated rings. The second-order valence-electron chi connectivity index (χ2n) is 9.95. The van der Waals surface area contributed by atoms with E-state index in [0.717, 1.165) is 41.3 Å². The van der Waals surface area contributed by atoms with Crippen LogP contribution in [-0.2, 0) is 7.05 Å². The highest BCUT2D eigenvalue weighted by Crippen LogP contribution is 2.42. The van der Waals surface area contributed by atoms with Gasteiger partial charge in [-0.2, -0.15) is 5.10 Å². The smallest absolute Gasteiger partial charge is 0.233 e. The molecule has 0 bridgehead atoms. The lowest BCUT2D eigenvalue weighted by atomic mass is 9.89. The summed E-state index contributed by atoms with van der Waals surface area (Å²) in [4.78, 5) is 2.77. The Hall–Kier alpha value is -1.95. The lowest BCUT2D eigenvalue weighted by Crippen LogP contribution is -2.30. The van der Waals surface area contributed by atoms with Crippen LogP contribution in [0.25, 0.3) is 11.4 Å². The fraction of sp³-hybridized carbons (Fsp3) is 0.708. The number of aryl methyl sites for hydroxylation is 2. The highest BCUT2D eigenvalue weighted by Gasteiger charge is 2.41. The minimum absolute atomic E-state index is 0.634. The molecule has 0 N–H and O–H groups in total. The molecule has 2 aromatic heterocycles. The molecule has 30 heavy (non-hydrogen) atoms. The minimum atomic E-state index is 0.634. The largest absolute Gasteiger partial charge is 0.476 e. The van der Waals surface area contributed by atoms with Gasteiger partial charge in [-0.3, -0.25) is 4.68 Å². The van der Waals surface area contributed by atoms with E-state index in [9.17, 15) is 0 Å². The van der Waals surface area contributed by atoms with Crippen molar-refractivity contribution in [2.24, 2.45) is 30.7 Å². The van der Waals surface area contributed by atoms with Gasteiger partial charge < -0.3 is 9.64 Å². The number of hydrogen-bond donors (Lipinski definition) is 0. The second kappa shape index (κ2) is 8.66. The van der Waals surface area contributed by atoms with Crippen LogP contribution < -0.4 is 4.74 Å². The number of aromatic nitrogens is 4. The van der Waals surface area contributed by atoms with Crippen LogP contribution >= 0.6 is 0 Å². The van der Waals surface area contributed by atoms with Crippen molar-refractivity contribution in [2.75, 3.05) is 26.2 Å². The molecular weight excluding hydrogens is 374 g/mol. The van der Waals surface area contributed by atoms with Crippen molar-refractivity contribution in [1.29, 1.82) is 0 Å². The third-order valence-corrected chi connectivity index (χ3v) is 7.64. The Morgan fingerprint density at radius 3 is 2.40 bits per heavy atom. The van der Waals surface area contributed by atoms with E-state index >= 15 is 0 Å². The standard InChI is InChI=1S/C24H35N5O/c1-17-12-25-28(2)24(17)22-8-9-23(27-26-22)30-16-19-10-20-14-29(15-21(20)11-19)13-18-6-4-3-5-7-18/h8-9,12,18-21H,3-7,10-11,13-16H2,1-2H3/t19?,20-,21+. The predicted molar refractivity (Wildman–Crippen MR) is 117 cm³/mol. The number of fused-ring (bicyclic) bond motifs is 1. The van der Waals surface area contributed by atoms with E-state index in [1.807, 2.05) is 37.0 Å². The first-order chi connectivity index (χ1) is 14.7. The molecule has 6 nitrogen and oxygen atoms in total. The molecular formula is C24H35N5O. The first kappa shape index (κ1) is 20.0. The third kappa shape index (κ3) is 4.25. The van der Waals surface area contributed by atoms with Crippen LogP contribution in [0.15, 0.2) is 18.3 Å². The van der Waals surface area contributed by atoms with E-state index in [-0.39, 0.29) is 0 Å². The van der Waals surface area contributed by atoms with Crippen LogP contribution in [0.1, 0.15) is 50.5 Å². The summed E-state index contributed by atoms with van der Waals surface area (Å²) in [5, 5.41) is 13.0. The third-order valence-electron chi connectivity index (χ3n) is 7.64. The summed E-state index contributed by atoms with van der Waals surface area (Å²) in [5.41, 5.74) is 2.96. The van der Waals surface area contributed by atoms with Gasteiger partial charge in [0.1, 0.15) is 5.69 Å². The fourth-order valence-corrected chi connectivity index (χ4v) is 6.18. The average Bonchev–Trinajstić information content (AvgIpc) is 3.41. The number of nitrogens with zero attached hydrogens (tertiary/aromatic N) is 5. The molecule has 5 rings (SSSR count). The summed E-state index contributed by atoms with van der Waals surface area (Å²) >= 11 is 0. The van der Waals surface area contributed by atoms with Crippen molar-refractivity contribution in [3.63, 3.8) is 0 Å². The molecule has 3 atom stereocenters. The van der Waals surface area contributed by atoms with Gasteiger partial charge in [-0.15, -0.1) is 10.2 Å². The maximum atomic E-state index is 6.03. The van der Waals surface area contributed by atoms with E-state index in [2.05, 4.69) is 20.2 Å². The number of hydrogen-bond acceptors (Lipinski definition) is 5. The first-order valence-electron chi connectivity index (χ1n) is 11.8. The molecule has 1 saturated heterocycles. The van der Waals surface area contributed by atoms with Crippen molar-refractivity contribution in [1.82, 2.24) is 24.9 Å². The molecule has 0 spiro atoms. The summed E-state index contributed by atoms with van der Waals surface area (Å²) in [7, 11) is 1.93.